The van der Waals surface area contributed by atoms with Crippen molar-refractivity contribution in [3.05, 3.63) is 0 Å². The Hall–Kier alpha value is -1.71. The number of carbonyl (C=O) groups excluding carboxylic acids is 3. The van der Waals surface area contributed by atoms with Crippen LogP contribution < -0.4 is 16.0 Å². The lowest BCUT2D eigenvalue weighted by molar-refractivity contribution is -0.125. The molecule has 156 valence electrons. The number of ether oxygens (including phenoxy) is 1. The van der Waals surface area contributed by atoms with Crippen LogP contribution in [0.2, 0.25) is 0 Å². The van der Waals surface area contributed by atoms with Gasteiger partial charge in [-0.25, -0.2) is 4.79 Å². The van der Waals surface area contributed by atoms with Crippen molar-refractivity contribution in [2.75, 3.05) is 52.5 Å². The topological polar surface area (TPSA) is 103 Å². The van der Waals surface area contributed by atoms with E-state index in [1.807, 2.05) is 4.90 Å². The van der Waals surface area contributed by atoms with Gasteiger partial charge in [0.15, 0.2) is 0 Å². The van der Waals surface area contributed by atoms with E-state index in [9.17, 15) is 14.4 Å². The highest BCUT2D eigenvalue weighted by Crippen LogP contribution is 2.34. The summed E-state index contributed by atoms with van der Waals surface area (Å²) in [5, 5.41) is 8.19. The van der Waals surface area contributed by atoms with Gasteiger partial charge in [-0.3, -0.25) is 24.7 Å². The molecular formula is C19H31N5O4. The molecule has 3 aliphatic heterocycles. The van der Waals surface area contributed by atoms with E-state index in [2.05, 4.69) is 20.9 Å². The van der Waals surface area contributed by atoms with E-state index < -0.39 is 11.6 Å². The minimum Gasteiger partial charge on any atom is -0.379 e. The molecule has 1 spiro atoms. The van der Waals surface area contributed by atoms with Crippen LogP contribution in [-0.4, -0.2) is 91.2 Å². The first-order chi connectivity index (χ1) is 13.5. The summed E-state index contributed by atoms with van der Waals surface area (Å²) in [5.41, 5.74) is -0.820. The zero-order valence-electron chi connectivity index (χ0n) is 16.4. The van der Waals surface area contributed by atoms with Gasteiger partial charge in [0, 0.05) is 38.3 Å². The molecule has 4 fully saturated rings. The molecule has 3 saturated heterocycles. The molecule has 0 aromatic heterocycles. The number of urea groups is 1. The number of carbonyl (C=O) groups is 3. The molecule has 9 heteroatoms. The van der Waals surface area contributed by atoms with E-state index in [4.69, 9.17) is 4.74 Å². The predicted molar refractivity (Wildman–Crippen MR) is 102 cm³/mol. The fourth-order valence-corrected chi connectivity index (χ4v) is 5.21. The van der Waals surface area contributed by atoms with E-state index in [1.165, 1.54) is 19.3 Å². The van der Waals surface area contributed by atoms with Crippen LogP contribution in [0.15, 0.2) is 0 Å². The summed E-state index contributed by atoms with van der Waals surface area (Å²) >= 11 is 0. The average molecular weight is 393 g/mol. The van der Waals surface area contributed by atoms with Gasteiger partial charge in [-0.2, -0.15) is 0 Å². The highest BCUT2D eigenvalue weighted by molar-refractivity contribution is 6.07. The molecule has 1 saturated carbocycles. The predicted octanol–water partition coefficient (Wildman–Crippen LogP) is -0.578. The minimum atomic E-state index is -0.865. The van der Waals surface area contributed by atoms with Gasteiger partial charge >= 0.3 is 6.03 Å². The van der Waals surface area contributed by atoms with Crippen LogP contribution in [-0.2, 0) is 14.3 Å². The highest BCUT2D eigenvalue weighted by Gasteiger charge is 2.50. The van der Waals surface area contributed by atoms with E-state index >= 15 is 0 Å². The van der Waals surface area contributed by atoms with Gasteiger partial charge in [0.25, 0.3) is 5.91 Å². The van der Waals surface area contributed by atoms with Gasteiger partial charge in [-0.1, -0.05) is 19.3 Å². The fraction of sp³-hybridized carbons (Fsp3) is 0.842. The number of rotatable bonds is 5. The van der Waals surface area contributed by atoms with Crippen LogP contribution >= 0.6 is 0 Å². The Morgan fingerprint density at radius 1 is 1.07 bits per heavy atom. The van der Waals surface area contributed by atoms with Gasteiger partial charge in [0.1, 0.15) is 5.54 Å². The molecule has 3 heterocycles. The Morgan fingerprint density at radius 2 is 1.82 bits per heavy atom. The number of hydrogen-bond donors (Lipinski definition) is 3. The molecule has 1 unspecified atom stereocenters. The van der Waals surface area contributed by atoms with Gasteiger partial charge in [-0.15, -0.1) is 0 Å². The molecular weight excluding hydrogens is 362 g/mol. The Kier molecular flexibility index (Phi) is 5.57. The van der Waals surface area contributed by atoms with Crippen molar-refractivity contribution in [1.82, 2.24) is 25.8 Å². The second-order valence-corrected chi connectivity index (χ2v) is 8.61. The second kappa shape index (κ2) is 7.96. The monoisotopic (exact) mass is 393 g/mol. The molecule has 1 aliphatic carbocycles. The molecule has 4 rings (SSSR count). The SMILES string of the molecule is O=C(CN1CCC2(C1)NC(=O)NC2=O)NCC1(N2CCOCC2)CCCCC1. The minimum absolute atomic E-state index is 0.0139. The fourth-order valence-electron chi connectivity index (χ4n) is 5.21. The maximum atomic E-state index is 12.6. The number of morpholine rings is 1. The summed E-state index contributed by atoms with van der Waals surface area (Å²) in [5.74, 6) is -0.297. The third-order valence-electron chi connectivity index (χ3n) is 6.81. The zero-order chi connectivity index (χ0) is 19.6. The van der Waals surface area contributed by atoms with Gasteiger partial charge < -0.3 is 15.4 Å². The molecule has 0 aromatic rings. The second-order valence-electron chi connectivity index (χ2n) is 8.61. The van der Waals surface area contributed by atoms with E-state index in [0.29, 0.717) is 26.1 Å². The van der Waals surface area contributed by atoms with Crippen molar-refractivity contribution in [3.8, 4) is 0 Å². The van der Waals surface area contributed by atoms with Gasteiger partial charge in [0.2, 0.25) is 5.91 Å². The van der Waals surface area contributed by atoms with Crippen molar-refractivity contribution in [3.63, 3.8) is 0 Å². The number of likely N-dealkylation sites (tertiary alicyclic amines) is 1. The molecule has 3 N–H and O–H groups in total. The molecule has 28 heavy (non-hydrogen) atoms. The van der Waals surface area contributed by atoms with E-state index in [0.717, 1.165) is 39.1 Å². The van der Waals surface area contributed by atoms with Crippen molar-refractivity contribution < 1.29 is 19.1 Å². The van der Waals surface area contributed by atoms with Crippen LogP contribution in [0, 0.1) is 0 Å². The van der Waals surface area contributed by atoms with E-state index in [1.54, 1.807) is 0 Å². The third kappa shape index (κ3) is 3.88. The first-order valence-electron chi connectivity index (χ1n) is 10.5. The van der Waals surface area contributed by atoms with E-state index in [-0.39, 0.29) is 23.9 Å². The number of nitrogens with one attached hydrogen (secondary N) is 3. The summed E-state index contributed by atoms with van der Waals surface area (Å²) < 4.78 is 5.51. The van der Waals surface area contributed by atoms with Crippen LogP contribution in [0.25, 0.3) is 0 Å². The number of hydrogen-bond acceptors (Lipinski definition) is 6. The molecule has 4 aliphatic rings. The van der Waals surface area contributed by atoms with Crippen molar-refractivity contribution >= 4 is 17.8 Å². The zero-order valence-corrected chi connectivity index (χ0v) is 16.4. The van der Waals surface area contributed by atoms with Gasteiger partial charge in [-0.05, 0) is 19.3 Å². The van der Waals surface area contributed by atoms with Crippen LogP contribution in [0.3, 0.4) is 0 Å². The number of imide groups is 1. The number of amides is 4. The Labute approximate surface area is 165 Å². The Morgan fingerprint density at radius 3 is 2.50 bits per heavy atom. The van der Waals surface area contributed by atoms with Crippen molar-refractivity contribution in [2.24, 2.45) is 0 Å². The number of nitrogens with zero attached hydrogens (tertiary/aromatic N) is 2. The van der Waals surface area contributed by atoms with Crippen molar-refractivity contribution in [1.29, 1.82) is 0 Å². The summed E-state index contributed by atoms with van der Waals surface area (Å²) in [6, 6.07) is -0.443. The largest absolute Gasteiger partial charge is 0.379 e. The quantitative estimate of drug-likeness (QED) is 0.540. The highest BCUT2D eigenvalue weighted by atomic mass is 16.5. The first-order valence-corrected chi connectivity index (χ1v) is 10.5. The Balaban J connectivity index is 1.31. The maximum Gasteiger partial charge on any atom is 0.322 e. The van der Waals surface area contributed by atoms with Crippen LogP contribution in [0.5, 0.6) is 0 Å². The standard InChI is InChI=1S/C19H31N5O4/c25-15(12-23-7-6-19(14-23)16(26)21-17(27)22-19)20-13-18(4-2-1-3-5-18)24-8-10-28-11-9-24/h1-14H2,(H,20,25)(H2,21,22,26,27). The summed E-state index contributed by atoms with van der Waals surface area (Å²) in [4.78, 5) is 40.6. The molecule has 0 aromatic carbocycles. The normalized spacial score (nSPS) is 31.0. The molecule has 0 bridgehead atoms. The summed E-state index contributed by atoms with van der Waals surface area (Å²) in [6.45, 7) is 5.31. The molecule has 0 radical (unpaired) electrons. The lowest BCUT2D eigenvalue weighted by Crippen LogP contribution is -2.60. The molecule has 9 nitrogen and oxygen atoms in total. The average Bonchev–Trinajstić information content (AvgIpc) is 3.23. The Bertz CT molecular complexity index is 630. The first kappa shape index (κ1) is 19.6. The van der Waals surface area contributed by atoms with Crippen LogP contribution in [0.1, 0.15) is 38.5 Å². The summed E-state index contributed by atoms with van der Waals surface area (Å²) in [7, 11) is 0. The molecule has 1 atom stereocenters. The summed E-state index contributed by atoms with van der Waals surface area (Å²) in [6.07, 6.45) is 6.45. The molecule has 4 amide bonds. The van der Waals surface area contributed by atoms with Crippen LogP contribution in [0.4, 0.5) is 4.79 Å². The lowest BCUT2D eigenvalue weighted by atomic mass is 9.79. The van der Waals surface area contributed by atoms with Gasteiger partial charge in [0.05, 0.1) is 19.8 Å². The lowest BCUT2D eigenvalue weighted by Gasteiger charge is -2.48. The third-order valence-corrected chi connectivity index (χ3v) is 6.81. The van der Waals surface area contributed by atoms with Crippen molar-refractivity contribution in [2.45, 2.75) is 49.6 Å². The smallest absolute Gasteiger partial charge is 0.322 e. The maximum absolute atomic E-state index is 12.6.